The molecule has 2 aromatic carbocycles. The lowest BCUT2D eigenvalue weighted by molar-refractivity contribution is -0.114. The summed E-state index contributed by atoms with van der Waals surface area (Å²) in [6.07, 6.45) is 5.72. The second-order valence-corrected chi connectivity index (χ2v) is 10.7. The molecular formula is C26H25IN4O5S. The number of methoxy groups -OCH3 is 1. The normalized spacial score (nSPS) is 17.2. The summed E-state index contributed by atoms with van der Waals surface area (Å²) in [6.45, 7) is 2.68. The van der Waals surface area contributed by atoms with Crippen molar-refractivity contribution < 1.29 is 23.7 Å². The third-order valence-electron chi connectivity index (χ3n) is 5.87. The van der Waals surface area contributed by atoms with E-state index in [1.807, 2.05) is 24.3 Å². The van der Waals surface area contributed by atoms with Crippen molar-refractivity contribution in [3.05, 3.63) is 50.6 Å². The lowest BCUT2D eigenvalue weighted by Gasteiger charge is -2.20. The zero-order valence-corrected chi connectivity index (χ0v) is 23.3. The number of carbonyl (C=O) groups is 1. The number of amides is 1. The molecule has 9 nitrogen and oxygen atoms in total. The number of halogens is 1. The maximum atomic E-state index is 12.8. The van der Waals surface area contributed by atoms with E-state index in [-0.39, 0.29) is 18.2 Å². The number of hydrazone groups is 1. The molecule has 0 atom stereocenters. The predicted molar refractivity (Wildman–Crippen MR) is 152 cm³/mol. The maximum Gasteiger partial charge on any atom is 0.283 e. The molecule has 1 N–H and O–H groups in total. The minimum Gasteiger partial charge on any atom is -0.493 e. The van der Waals surface area contributed by atoms with Crippen LogP contribution in [-0.2, 0) is 11.4 Å². The van der Waals surface area contributed by atoms with Crippen molar-refractivity contribution in [1.82, 2.24) is 5.01 Å². The van der Waals surface area contributed by atoms with Gasteiger partial charge in [0.05, 0.1) is 16.3 Å². The van der Waals surface area contributed by atoms with E-state index in [0.29, 0.717) is 34.6 Å². The molecule has 0 aromatic heterocycles. The summed E-state index contributed by atoms with van der Waals surface area (Å²) < 4.78 is 23.3. The van der Waals surface area contributed by atoms with E-state index in [0.717, 1.165) is 45.6 Å². The molecule has 3 aliphatic rings. The number of unbranched alkanes of at least 4 members (excludes halogenated alkanes) is 2. The number of nitrogens with one attached hydrogen (secondary N) is 1. The Morgan fingerprint density at radius 2 is 2.05 bits per heavy atom. The largest absolute Gasteiger partial charge is 0.493 e. The molecule has 0 bridgehead atoms. The summed E-state index contributed by atoms with van der Waals surface area (Å²) in [7, 11) is 1.57. The molecule has 37 heavy (non-hydrogen) atoms. The molecule has 0 aliphatic carbocycles. The van der Waals surface area contributed by atoms with Crippen molar-refractivity contribution in [2.24, 2.45) is 10.1 Å². The Labute approximate surface area is 232 Å². The van der Waals surface area contributed by atoms with Gasteiger partial charge in [0.2, 0.25) is 12.0 Å². The Hall–Kier alpha value is -3.06. The highest BCUT2D eigenvalue weighted by atomic mass is 127. The van der Waals surface area contributed by atoms with Crippen LogP contribution in [0.2, 0.25) is 0 Å². The number of nitrogens with zero attached hydrogens (tertiary/aromatic N) is 3. The molecule has 0 spiro atoms. The predicted octanol–water partition coefficient (Wildman–Crippen LogP) is 5.81. The minimum atomic E-state index is -0.453. The Morgan fingerprint density at radius 1 is 1.22 bits per heavy atom. The first-order chi connectivity index (χ1) is 18.0. The molecule has 5 rings (SSSR count). The SMILES string of the molecule is CCCCCC1=NN2C(=N)/C(=C/c3cc(I)c(OCc4ccc5c(c4)OCO5)c(OC)c3)C(=O)N=C2S1. The van der Waals surface area contributed by atoms with Crippen LogP contribution in [0.5, 0.6) is 23.0 Å². The average Bonchev–Trinajstić information content (AvgIpc) is 3.52. The number of aliphatic imine (C=N–C) groups is 1. The van der Waals surface area contributed by atoms with Crippen LogP contribution in [0, 0.1) is 8.98 Å². The van der Waals surface area contributed by atoms with Crippen LogP contribution in [0.1, 0.15) is 43.7 Å². The van der Waals surface area contributed by atoms with E-state index in [1.54, 1.807) is 19.3 Å². The van der Waals surface area contributed by atoms with Gasteiger partial charge in [-0.15, -0.1) is 0 Å². The molecule has 0 saturated heterocycles. The topological polar surface area (TPSA) is 106 Å². The van der Waals surface area contributed by atoms with E-state index < -0.39 is 5.91 Å². The van der Waals surface area contributed by atoms with Gasteiger partial charge in [0.15, 0.2) is 28.8 Å². The van der Waals surface area contributed by atoms with Crippen molar-refractivity contribution in [3.8, 4) is 23.0 Å². The van der Waals surface area contributed by atoms with Gasteiger partial charge in [0, 0.05) is 0 Å². The minimum absolute atomic E-state index is 0.0186. The fourth-order valence-electron chi connectivity index (χ4n) is 3.98. The average molecular weight is 632 g/mol. The lowest BCUT2D eigenvalue weighted by atomic mass is 10.1. The second kappa shape index (κ2) is 11.1. The van der Waals surface area contributed by atoms with E-state index >= 15 is 0 Å². The van der Waals surface area contributed by atoms with Crippen molar-refractivity contribution in [2.45, 2.75) is 39.2 Å². The highest BCUT2D eigenvalue weighted by Gasteiger charge is 2.35. The summed E-state index contributed by atoms with van der Waals surface area (Å²) >= 11 is 3.54. The van der Waals surface area contributed by atoms with Crippen LogP contribution in [0.4, 0.5) is 0 Å². The number of fused-ring (bicyclic) bond motifs is 2. The Morgan fingerprint density at radius 3 is 2.86 bits per heavy atom. The van der Waals surface area contributed by atoms with Crippen molar-refractivity contribution in [2.75, 3.05) is 13.9 Å². The smallest absolute Gasteiger partial charge is 0.283 e. The van der Waals surface area contributed by atoms with Crippen LogP contribution in [0.15, 0.2) is 46.0 Å². The summed E-state index contributed by atoms with van der Waals surface area (Å²) in [5, 5.41) is 15.9. The third-order valence-corrected chi connectivity index (χ3v) is 7.64. The van der Waals surface area contributed by atoms with Crippen LogP contribution in [-0.4, -0.2) is 40.9 Å². The fourth-order valence-corrected chi connectivity index (χ4v) is 5.68. The van der Waals surface area contributed by atoms with Crippen molar-refractivity contribution in [1.29, 1.82) is 5.41 Å². The highest BCUT2D eigenvalue weighted by Crippen LogP contribution is 2.37. The standard InChI is InChI=1S/C26H25IN4O5S/c1-3-4-5-6-22-30-31-24(28)17(25(32)29-26(31)37-22)9-16-10-18(27)23(21(12-16)33-2)34-13-15-7-8-19-20(11-15)36-14-35-19/h7-12,28H,3-6,13-14H2,1-2H3/b17-9-,28-24?. The zero-order chi connectivity index (χ0) is 25.9. The molecule has 0 radical (unpaired) electrons. The van der Waals surface area contributed by atoms with Crippen LogP contribution >= 0.6 is 34.4 Å². The number of rotatable bonds is 9. The Balaban J connectivity index is 1.34. The van der Waals surface area contributed by atoms with Gasteiger partial charge in [-0.05, 0) is 88.7 Å². The fraction of sp³-hybridized carbons (Fsp3) is 0.308. The first-order valence-electron chi connectivity index (χ1n) is 11.8. The number of hydrogen-bond donors (Lipinski definition) is 1. The summed E-state index contributed by atoms with van der Waals surface area (Å²) in [5.74, 6) is 2.09. The Bertz CT molecular complexity index is 1360. The third kappa shape index (κ3) is 5.47. The second-order valence-electron chi connectivity index (χ2n) is 8.48. The number of carbonyl (C=O) groups excluding carboxylic acids is 1. The highest BCUT2D eigenvalue weighted by molar-refractivity contribution is 14.1. The summed E-state index contributed by atoms with van der Waals surface area (Å²) in [4.78, 5) is 17.0. The number of ether oxygens (including phenoxy) is 4. The first-order valence-corrected chi connectivity index (χ1v) is 13.7. The van der Waals surface area contributed by atoms with Gasteiger partial charge in [-0.25, -0.2) is 0 Å². The lowest BCUT2D eigenvalue weighted by Crippen LogP contribution is -2.35. The van der Waals surface area contributed by atoms with Gasteiger partial charge in [-0.1, -0.05) is 25.8 Å². The number of benzene rings is 2. The van der Waals surface area contributed by atoms with Gasteiger partial charge >= 0.3 is 0 Å². The molecule has 2 aromatic rings. The van der Waals surface area contributed by atoms with Gasteiger partial charge < -0.3 is 18.9 Å². The van der Waals surface area contributed by atoms with Gasteiger partial charge in [0.1, 0.15) is 11.7 Å². The van der Waals surface area contributed by atoms with E-state index in [1.165, 1.54) is 16.8 Å². The van der Waals surface area contributed by atoms with Crippen molar-refractivity contribution >= 4 is 62.4 Å². The van der Waals surface area contributed by atoms with Gasteiger partial charge in [0.25, 0.3) is 5.91 Å². The van der Waals surface area contributed by atoms with Crippen LogP contribution in [0.3, 0.4) is 0 Å². The number of thioether (sulfide) groups is 1. The molecule has 0 fully saturated rings. The van der Waals surface area contributed by atoms with Gasteiger partial charge in [-0.2, -0.15) is 15.1 Å². The Kier molecular flexibility index (Phi) is 7.70. The molecule has 1 amide bonds. The molecule has 3 aliphatic heterocycles. The first kappa shape index (κ1) is 25.6. The molecular weight excluding hydrogens is 607 g/mol. The van der Waals surface area contributed by atoms with Gasteiger partial charge in [-0.3, -0.25) is 10.2 Å². The monoisotopic (exact) mass is 632 g/mol. The van der Waals surface area contributed by atoms with Crippen molar-refractivity contribution in [3.63, 3.8) is 0 Å². The molecule has 192 valence electrons. The number of amidine groups is 2. The quantitative estimate of drug-likeness (QED) is 0.212. The number of hydrogen-bond acceptors (Lipinski definition) is 8. The van der Waals surface area contributed by atoms with E-state index in [9.17, 15) is 4.79 Å². The summed E-state index contributed by atoms with van der Waals surface area (Å²) in [5.41, 5.74) is 1.80. The maximum absolute atomic E-state index is 12.8. The summed E-state index contributed by atoms with van der Waals surface area (Å²) in [6, 6.07) is 9.34. The van der Waals surface area contributed by atoms with E-state index in [4.69, 9.17) is 24.4 Å². The molecule has 11 heteroatoms. The molecule has 0 saturated carbocycles. The molecule has 3 heterocycles. The molecule has 0 unspecified atom stereocenters. The van der Waals surface area contributed by atoms with E-state index in [2.05, 4.69) is 39.6 Å². The van der Waals surface area contributed by atoms with Crippen LogP contribution in [0.25, 0.3) is 6.08 Å². The zero-order valence-electron chi connectivity index (χ0n) is 20.4. The van der Waals surface area contributed by atoms with Crippen LogP contribution < -0.4 is 18.9 Å².